The summed E-state index contributed by atoms with van der Waals surface area (Å²) in [5.74, 6) is -0.637. The summed E-state index contributed by atoms with van der Waals surface area (Å²) in [5.41, 5.74) is 0. The fourth-order valence-electron chi connectivity index (χ4n) is 5.95. The molecule has 1 rings (SSSR count). The number of rotatable bonds is 32. The number of esters is 1. The molecular weight excluding hydrogens is 563 g/mol. The minimum absolute atomic E-state index is 0.0496. The maximum absolute atomic E-state index is 12.5. The smallest absolute Gasteiger partial charge is 0.379 e. The lowest BCUT2D eigenvalue weighted by atomic mass is 10.0. The van der Waals surface area contributed by atoms with Crippen molar-refractivity contribution in [2.75, 3.05) is 13.2 Å². The third-order valence-corrected chi connectivity index (χ3v) is 10.4. The lowest BCUT2D eigenvalue weighted by Gasteiger charge is -2.07. The molecule has 44 heavy (non-hydrogen) atoms. The molecule has 0 heterocycles. The Bertz CT molecular complexity index is 795. The summed E-state index contributed by atoms with van der Waals surface area (Å²) in [5, 5.41) is 10.0. The number of aliphatic hydroxyl groups excluding tert-OH is 1. The summed E-state index contributed by atoms with van der Waals surface area (Å²) >= 11 is 0. The van der Waals surface area contributed by atoms with Crippen molar-refractivity contribution >= 4 is 24.3 Å². The molecule has 254 valence electrons. The summed E-state index contributed by atoms with van der Waals surface area (Å²) < 4.78 is 5.28. The lowest BCUT2D eigenvalue weighted by molar-refractivity contribution is -0.150. The fourth-order valence-corrected chi connectivity index (χ4v) is 7.06. The van der Waals surface area contributed by atoms with Gasteiger partial charge in [-0.3, -0.25) is 0 Å². The van der Waals surface area contributed by atoms with Crippen LogP contribution in [0.2, 0.25) is 0 Å². The molecule has 0 radical (unpaired) electrons. The van der Waals surface area contributed by atoms with Crippen LogP contribution < -0.4 is 10.2 Å². The predicted molar refractivity (Wildman–Crippen MR) is 191 cm³/mol. The van der Waals surface area contributed by atoms with E-state index in [-0.39, 0.29) is 5.29 Å². The number of aliphatic hydroxyl groups is 1. The normalized spacial score (nSPS) is 12.0. The second-order valence-corrected chi connectivity index (χ2v) is 14.6. The molecule has 0 aliphatic rings. The van der Waals surface area contributed by atoms with E-state index in [0.717, 1.165) is 19.3 Å². The third-order valence-electron chi connectivity index (χ3n) is 8.85. The van der Waals surface area contributed by atoms with E-state index in [4.69, 9.17) is 4.74 Å². The zero-order valence-electron chi connectivity index (χ0n) is 28.7. The van der Waals surface area contributed by atoms with Crippen LogP contribution in [0.4, 0.5) is 0 Å². The molecule has 1 N–H and O–H groups in total. The number of unbranched alkanes of at least 4 members (excludes halogenated alkanes) is 27. The van der Waals surface area contributed by atoms with Gasteiger partial charge in [0, 0.05) is 0 Å². The molecule has 0 aliphatic carbocycles. The van der Waals surface area contributed by atoms with Crippen LogP contribution in [0.15, 0.2) is 30.3 Å². The van der Waals surface area contributed by atoms with E-state index in [1.165, 1.54) is 161 Å². The Morgan fingerprint density at radius 3 is 1.20 bits per heavy atom. The molecule has 0 bridgehead atoms. The van der Waals surface area contributed by atoms with Crippen molar-refractivity contribution in [1.29, 1.82) is 0 Å². The second kappa shape index (κ2) is 31.7. The zero-order valence-corrected chi connectivity index (χ0v) is 29.6. The first-order valence-electron chi connectivity index (χ1n) is 18.9. The Balaban J connectivity index is 1.77. The minimum Gasteiger partial charge on any atom is -0.625 e. The standard InChI is InChI=1S/C39H69O4P/c1-2-3-4-5-6-7-8-9-10-11-12-13-14-15-16-17-18-19-20-21-22-23-24-25-26-27-28-32-35-43-39(41)38(36-40)44(42)37-33-30-29-31-34-37/h29-31,33-34,40H,2-28,32,35-36H2,1H3. The minimum atomic E-state index is -2.09. The van der Waals surface area contributed by atoms with E-state index in [0.29, 0.717) is 11.9 Å². The topological polar surface area (TPSA) is 69.6 Å². The number of hydrogen-bond acceptors (Lipinski definition) is 4. The van der Waals surface area contributed by atoms with E-state index in [1.807, 2.05) is 6.07 Å². The van der Waals surface area contributed by atoms with Gasteiger partial charge in [0.25, 0.3) is 0 Å². The Hall–Kier alpha value is -1.22. The number of benzene rings is 1. The summed E-state index contributed by atoms with van der Waals surface area (Å²) in [4.78, 5) is 24.8. The first kappa shape index (κ1) is 40.8. The molecule has 1 unspecified atom stereocenters. The summed E-state index contributed by atoms with van der Waals surface area (Å²) in [7, 11) is -2.09. The fraction of sp³-hybridized carbons (Fsp3) is 0.795. The molecular formula is C39H69O4P. The van der Waals surface area contributed by atoms with E-state index in [9.17, 15) is 14.8 Å². The van der Waals surface area contributed by atoms with Gasteiger partial charge in [-0.05, 0) is 18.6 Å². The molecule has 0 saturated carbocycles. The van der Waals surface area contributed by atoms with E-state index in [2.05, 4.69) is 6.92 Å². The van der Waals surface area contributed by atoms with Crippen molar-refractivity contribution in [2.45, 2.75) is 187 Å². The first-order valence-corrected chi connectivity index (χ1v) is 20.1. The van der Waals surface area contributed by atoms with Crippen LogP contribution in [-0.2, 0) is 9.53 Å². The maximum atomic E-state index is 12.5. The van der Waals surface area contributed by atoms with Crippen LogP contribution in [0.3, 0.4) is 0 Å². The maximum Gasteiger partial charge on any atom is 0.379 e. The van der Waals surface area contributed by atoms with Gasteiger partial charge in [-0.25, -0.2) is 4.79 Å². The van der Waals surface area contributed by atoms with Gasteiger partial charge in [0.2, 0.25) is 5.29 Å². The SMILES string of the molecule is CCCCCCCCCCCCCCCCCCCCCCCCCCCCCCOC(=O)C(CO)=[P+]([O-])c1ccccc1. The number of ether oxygens (including phenoxy) is 1. The van der Waals surface area contributed by atoms with Crippen LogP contribution in [0.1, 0.15) is 187 Å². The second-order valence-electron chi connectivity index (χ2n) is 12.9. The van der Waals surface area contributed by atoms with Crippen LogP contribution in [0.25, 0.3) is 0 Å². The van der Waals surface area contributed by atoms with Crippen molar-refractivity contribution in [1.82, 2.24) is 0 Å². The quantitative estimate of drug-likeness (QED) is 0.0487. The highest BCUT2D eigenvalue weighted by Gasteiger charge is 2.22. The van der Waals surface area contributed by atoms with Gasteiger partial charge < -0.3 is 14.7 Å². The largest absolute Gasteiger partial charge is 0.625 e. The van der Waals surface area contributed by atoms with Gasteiger partial charge in [-0.15, -0.1) is 0 Å². The summed E-state index contributed by atoms with van der Waals surface area (Å²) in [6, 6.07) is 8.76. The molecule has 0 aromatic heterocycles. The molecule has 4 nitrogen and oxygen atoms in total. The number of carbonyl (C=O) groups excluding carboxylic acids is 1. The molecule has 5 heteroatoms. The molecule has 1 aromatic carbocycles. The highest BCUT2D eigenvalue weighted by molar-refractivity contribution is 7.61. The highest BCUT2D eigenvalue weighted by atomic mass is 31.1. The van der Waals surface area contributed by atoms with Crippen molar-refractivity contribution in [2.24, 2.45) is 0 Å². The molecule has 0 spiro atoms. The summed E-state index contributed by atoms with van der Waals surface area (Å²) in [6.07, 6.45) is 38.4. The monoisotopic (exact) mass is 632 g/mol. The van der Waals surface area contributed by atoms with Gasteiger partial charge in [0.15, 0.2) is 0 Å². The Kier molecular flexibility index (Phi) is 29.4. The molecule has 0 saturated heterocycles. The first-order chi connectivity index (χ1) is 21.7. The lowest BCUT2D eigenvalue weighted by Crippen LogP contribution is -2.25. The molecule has 1 aromatic rings. The van der Waals surface area contributed by atoms with Gasteiger partial charge >= 0.3 is 5.97 Å². The van der Waals surface area contributed by atoms with Gasteiger partial charge in [0.05, 0.1) is 6.61 Å². The Morgan fingerprint density at radius 1 is 0.568 bits per heavy atom. The van der Waals surface area contributed by atoms with E-state index < -0.39 is 20.3 Å². The van der Waals surface area contributed by atoms with Crippen molar-refractivity contribution in [3.05, 3.63) is 30.3 Å². The van der Waals surface area contributed by atoms with Crippen molar-refractivity contribution < 1.29 is 19.5 Å². The van der Waals surface area contributed by atoms with Crippen LogP contribution in [-0.4, -0.2) is 29.6 Å². The number of carbonyl (C=O) groups is 1. The molecule has 0 amide bonds. The van der Waals surface area contributed by atoms with Crippen molar-refractivity contribution in [3.63, 3.8) is 0 Å². The zero-order chi connectivity index (χ0) is 31.8. The Labute approximate surface area is 273 Å². The average molecular weight is 633 g/mol. The number of hydrogen-bond donors (Lipinski definition) is 1. The molecule has 0 fully saturated rings. The van der Waals surface area contributed by atoms with Crippen LogP contribution in [0, 0.1) is 0 Å². The highest BCUT2D eigenvalue weighted by Crippen LogP contribution is 2.17. The van der Waals surface area contributed by atoms with Gasteiger partial charge in [0.1, 0.15) is 19.7 Å². The van der Waals surface area contributed by atoms with Gasteiger partial charge in [-0.1, -0.05) is 198 Å². The van der Waals surface area contributed by atoms with Crippen LogP contribution >= 0.6 is 7.77 Å². The molecule has 1 atom stereocenters. The van der Waals surface area contributed by atoms with E-state index in [1.54, 1.807) is 24.3 Å². The molecule has 0 aliphatic heterocycles. The van der Waals surface area contributed by atoms with Crippen molar-refractivity contribution in [3.8, 4) is 0 Å². The van der Waals surface area contributed by atoms with Gasteiger partial charge in [-0.2, -0.15) is 0 Å². The van der Waals surface area contributed by atoms with Crippen LogP contribution in [0.5, 0.6) is 0 Å². The van der Waals surface area contributed by atoms with E-state index >= 15 is 0 Å². The Morgan fingerprint density at radius 2 is 0.886 bits per heavy atom. The predicted octanol–water partition coefficient (Wildman–Crippen LogP) is 10.7. The average Bonchev–Trinajstić information content (AvgIpc) is 3.04. The third kappa shape index (κ3) is 24.1. The summed E-state index contributed by atoms with van der Waals surface area (Å²) in [6.45, 7) is 2.07.